The maximum absolute atomic E-state index is 9.31. The lowest BCUT2D eigenvalue weighted by molar-refractivity contribution is 0.480. The molecular formula is C24H28N2O2Si. The lowest BCUT2D eigenvalue weighted by atomic mass is 10.2. The zero-order chi connectivity index (χ0) is 21.1. The predicted molar refractivity (Wildman–Crippen MR) is 123 cm³/mol. The van der Waals surface area contributed by atoms with E-state index in [9.17, 15) is 5.11 Å². The number of aromatic hydroxyl groups is 1. The lowest BCUT2D eigenvalue weighted by Gasteiger charge is -2.36. The van der Waals surface area contributed by atoms with Gasteiger partial charge in [-0.25, -0.2) is 0 Å². The summed E-state index contributed by atoms with van der Waals surface area (Å²) in [4.78, 5) is 8.48. The summed E-state index contributed by atoms with van der Waals surface area (Å²) in [5.41, 5.74) is 1.62. The van der Waals surface area contributed by atoms with Gasteiger partial charge in [-0.3, -0.25) is 9.97 Å². The summed E-state index contributed by atoms with van der Waals surface area (Å²) in [7, 11) is -1.80. The molecule has 0 radical (unpaired) electrons. The molecule has 150 valence electrons. The summed E-state index contributed by atoms with van der Waals surface area (Å²) in [6.45, 7) is 11.3. The first-order valence-electron chi connectivity index (χ1n) is 9.74. The smallest absolute Gasteiger partial charge is 0.250 e. The van der Waals surface area contributed by atoms with Gasteiger partial charge in [0.2, 0.25) is 0 Å². The van der Waals surface area contributed by atoms with Crippen molar-refractivity contribution in [3.8, 4) is 11.5 Å². The maximum atomic E-state index is 9.31. The predicted octanol–water partition coefficient (Wildman–Crippen LogP) is 6.56. The van der Waals surface area contributed by atoms with Crippen LogP contribution in [0.2, 0.25) is 18.1 Å². The van der Waals surface area contributed by atoms with Crippen LogP contribution in [0.4, 0.5) is 0 Å². The van der Waals surface area contributed by atoms with Gasteiger partial charge in [-0.15, -0.1) is 0 Å². The Hall–Kier alpha value is -2.92. The largest absolute Gasteiger partial charge is 0.542 e. The van der Waals surface area contributed by atoms with Crippen LogP contribution in [0.15, 0.2) is 73.1 Å². The SMILES string of the molecule is CC(C)(C)[Si](C)(C)Oc1cccc2cccnc12.Oc1cccc2cccnc12. The van der Waals surface area contributed by atoms with Crippen molar-refractivity contribution >= 4 is 30.1 Å². The van der Waals surface area contributed by atoms with Crippen molar-refractivity contribution in [2.75, 3.05) is 0 Å². The fourth-order valence-corrected chi connectivity index (χ4v) is 3.70. The van der Waals surface area contributed by atoms with Crippen molar-refractivity contribution in [3.05, 3.63) is 73.1 Å². The first kappa shape index (κ1) is 20.8. The highest BCUT2D eigenvalue weighted by molar-refractivity contribution is 6.74. The number of rotatable bonds is 2. The molecule has 2 heterocycles. The van der Waals surface area contributed by atoms with E-state index in [-0.39, 0.29) is 10.8 Å². The standard InChI is InChI=1S/C15H21NOSi.C9H7NO/c1-15(2,3)18(4,5)17-13-10-6-8-12-9-7-11-16-14(12)13;11-8-5-1-3-7-4-2-6-10-9(7)8/h6-11H,1-5H3;1-6,11H. The highest BCUT2D eigenvalue weighted by Gasteiger charge is 2.39. The lowest BCUT2D eigenvalue weighted by Crippen LogP contribution is -2.43. The summed E-state index contributed by atoms with van der Waals surface area (Å²) >= 11 is 0. The van der Waals surface area contributed by atoms with Crippen molar-refractivity contribution in [2.45, 2.75) is 38.9 Å². The number of fused-ring (bicyclic) bond motifs is 2. The summed E-state index contributed by atoms with van der Waals surface area (Å²) in [6, 6.07) is 19.3. The van der Waals surface area contributed by atoms with Crippen LogP contribution in [-0.4, -0.2) is 23.4 Å². The van der Waals surface area contributed by atoms with Gasteiger partial charge < -0.3 is 9.53 Å². The van der Waals surface area contributed by atoms with Crippen molar-refractivity contribution in [1.82, 2.24) is 9.97 Å². The third kappa shape index (κ3) is 4.74. The van der Waals surface area contributed by atoms with Gasteiger partial charge in [0.25, 0.3) is 8.32 Å². The zero-order valence-electron chi connectivity index (χ0n) is 17.7. The molecule has 0 atom stereocenters. The molecule has 29 heavy (non-hydrogen) atoms. The van der Waals surface area contributed by atoms with Crippen LogP contribution in [0, 0.1) is 0 Å². The second-order valence-electron chi connectivity index (χ2n) is 8.55. The minimum absolute atomic E-state index is 0.198. The van der Waals surface area contributed by atoms with E-state index in [1.165, 1.54) is 0 Å². The Morgan fingerprint density at radius 2 is 1.28 bits per heavy atom. The number of nitrogens with zero attached hydrogens (tertiary/aromatic N) is 2. The Labute approximate surface area is 173 Å². The summed E-state index contributed by atoms with van der Waals surface area (Å²) in [6.07, 6.45) is 3.49. The van der Waals surface area contributed by atoms with E-state index >= 15 is 0 Å². The zero-order valence-corrected chi connectivity index (χ0v) is 18.7. The Morgan fingerprint density at radius 3 is 1.86 bits per heavy atom. The molecule has 0 bridgehead atoms. The number of para-hydroxylation sites is 2. The molecule has 0 fully saturated rings. The molecule has 0 unspecified atom stereocenters. The average molecular weight is 405 g/mol. The minimum atomic E-state index is -1.80. The Kier molecular flexibility index (Phi) is 5.89. The molecule has 4 nitrogen and oxygen atoms in total. The molecule has 1 N–H and O–H groups in total. The quantitative estimate of drug-likeness (QED) is 0.384. The number of phenols is 1. The van der Waals surface area contributed by atoms with Gasteiger partial charge in [0, 0.05) is 23.2 Å². The molecule has 0 saturated carbocycles. The molecule has 5 heteroatoms. The summed E-state index contributed by atoms with van der Waals surface area (Å²) < 4.78 is 6.36. The van der Waals surface area contributed by atoms with Gasteiger partial charge >= 0.3 is 0 Å². The van der Waals surface area contributed by atoms with Gasteiger partial charge in [0.1, 0.15) is 22.5 Å². The van der Waals surface area contributed by atoms with Crippen LogP contribution in [0.1, 0.15) is 20.8 Å². The molecule has 0 aliphatic heterocycles. The van der Waals surface area contributed by atoms with Crippen molar-refractivity contribution in [2.24, 2.45) is 0 Å². The van der Waals surface area contributed by atoms with E-state index in [0.29, 0.717) is 5.52 Å². The van der Waals surface area contributed by atoms with Gasteiger partial charge in [0.05, 0.1) is 0 Å². The molecule has 0 spiro atoms. The first-order chi connectivity index (χ1) is 13.7. The summed E-state index contributed by atoms with van der Waals surface area (Å²) in [5.74, 6) is 1.16. The molecule has 2 aromatic heterocycles. The second kappa shape index (κ2) is 8.21. The Balaban J connectivity index is 0.000000186. The number of hydrogen-bond donors (Lipinski definition) is 1. The third-order valence-electron chi connectivity index (χ3n) is 5.38. The normalized spacial score (nSPS) is 11.8. The number of hydrogen-bond acceptors (Lipinski definition) is 4. The average Bonchev–Trinajstić information content (AvgIpc) is 2.68. The van der Waals surface area contributed by atoms with E-state index in [0.717, 1.165) is 22.0 Å². The van der Waals surface area contributed by atoms with Crippen LogP contribution >= 0.6 is 0 Å². The van der Waals surface area contributed by atoms with Crippen LogP contribution < -0.4 is 4.43 Å². The van der Waals surface area contributed by atoms with E-state index < -0.39 is 8.32 Å². The van der Waals surface area contributed by atoms with Crippen LogP contribution in [-0.2, 0) is 0 Å². The van der Waals surface area contributed by atoms with Crippen LogP contribution in [0.5, 0.6) is 11.5 Å². The van der Waals surface area contributed by atoms with Crippen molar-refractivity contribution in [3.63, 3.8) is 0 Å². The molecule has 0 aliphatic rings. The molecule has 0 aliphatic carbocycles. The van der Waals surface area contributed by atoms with Crippen molar-refractivity contribution < 1.29 is 9.53 Å². The molecule has 4 rings (SSSR count). The van der Waals surface area contributed by atoms with Crippen LogP contribution in [0.3, 0.4) is 0 Å². The minimum Gasteiger partial charge on any atom is -0.542 e. The molecule has 4 aromatic rings. The monoisotopic (exact) mass is 404 g/mol. The third-order valence-corrected chi connectivity index (χ3v) is 9.72. The van der Waals surface area contributed by atoms with Crippen LogP contribution in [0.25, 0.3) is 21.8 Å². The van der Waals surface area contributed by atoms with Gasteiger partial charge in [-0.2, -0.15) is 0 Å². The highest BCUT2D eigenvalue weighted by Crippen LogP contribution is 2.38. The number of phenolic OH excluding ortho intramolecular Hbond substituents is 1. The van der Waals surface area contributed by atoms with Crippen molar-refractivity contribution in [1.29, 1.82) is 0 Å². The van der Waals surface area contributed by atoms with E-state index in [1.807, 2.05) is 42.6 Å². The maximum Gasteiger partial charge on any atom is 0.250 e. The van der Waals surface area contributed by atoms with Gasteiger partial charge in [-0.05, 0) is 42.4 Å². The Bertz CT molecular complexity index is 1110. The molecular weight excluding hydrogens is 376 g/mol. The number of aromatic nitrogens is 2. The molecule has 2 aromatic carbocycles. The molecule has 0 amide bonds. The van der Waals surface area contributed by atoms with Gasteiger partial charge in [-0.1, -0.05) is 57.2 Å². The number of benzene rings is 2. The highest BCUT2D eigenvalue weighted by atomic mass is 28.4. The second-order valence-corrected chi connectivity index (χ2v) is 13.3. The van der Waals surface area contributed by atoms with E-state index in [1.54, 1.807) is 18.3 Å². The topological polar surface area (TPSA) is 55.2 Å². The first-order valence-corrected chi connectivity index (χ1v) is 12.7. The molecule has 0 saturated heterocycles. The summed E-state index contributed by atoms with van der Waals surface area (Å²) in [5, 5.41) is 11.6. The fraction of sp³-hybridized carbons (Fsp3) is 0.250. The van der Waals surface area contributed by atoms with E-state index in [4.69, 9.17) is 4.43 Å². The van der Waals surface area contributed by atoms with Gasteiger partial charge in [0.15, 0.2) is 0 Å². The van der Waals surface area contributed by atoms with E-state index in [2.05, 4.69) is 56.0 Å². The number of pyridine rings is 2. The fourth-order valence-electron chi connectivity index (χ4n) is 2.67. The Morgan fingerprint density at radius 1 is 0.759 bits per heavy atom.